The van der Waals surface area contributed by atoms with Gasteiger partial charge in [-0.3, -0.25) is 5.43 Å². The number of nitrogens with one attached hydrogen (secondary N) is 1. The summed E-state index contributed by atoms with van der Waals surface area (Å²) in [7, 11) is 0. The number of thioether (sulfide) groups is 1. The number of nitrogens with zero attached hydrogens (tertiary/aromatic N) is 1. The van der Waals surface area contributed by atoms with Gasteiger partial charge in [-0.25, -0.2) is 0 Å². The minimum absolute atomic E-state index is 0.720. The summed E-state index contributed by atoms with van der Waals surface area (Å²) in [5.41, 5.74) is 4.93. The fourth-order valence-corrected chi connectivity index (χ4v) is 1.93. The van der Waals surface area contributed by atoms with E-state index in [9.17, 15) is 0 Å². The zero-order valence-electron chi connectivity index (χ0n) is 9.93. The van der Waals surface area contributed by atoms with E-state index in [0.717, 1.165) is 16.3 Å². The van der Waals surface area contributed by atoms with Crippen LogP contribution in [-0.2, 0) is 0 Å². The predicted molar refractivity (Wildman–Crippen MR) is 80.9 cm³/mol. The Hall–Kier alpha value is -1.45. The first kappa shape index (κ1) is 13.0. The van der Waals surface area contributed by atoms with E-state index in [2.05, 4.69) is 28.9 Å². The molecule has 0 aliphatic rings. The van der Waals surface area contributed by atoms with Crippen LogP contribution >= 0.6 is 23.4 Å². The molecule has 0 bridgehead atoms. The second kappa shape index (κ2) is 6.47. The fraction of sp³-hybridized carbons (Fsp3) is 0.0714. The lowest BCUT2D eigenvalue weighted by molar-refractivity contribution is 1.35. The number of anilines is 1. The highest BCUT2D eigenvalue weighted by atomic mass is 35.5. The molecule has 92 valence electrons. The molecule has 0 aliphatic carbocycles. The van der Waals surface area contributed by atoms with Gasteiger partial charge in [0.1, 0.15) is 0 Å². The average Bonchev–Trinajstić information content (AvgIpc) is 2.42. The largest absolute Gasteiger partial charge is 0.279 e. The fourth-order valence-electron chi connectivity index (χ4n) is 1.40. The molecule has 0 aliphatic heterocycles. The standard InChI is InChI=1S/C14H13ClN2S/c1-18-14-8-2-11(3-9-14)10-16-17-13-6-4-12(15)5-7-13/h2-10,17H,1H3/b16-10-. The molecule has 0 heterocycles. The van der Waals surface area contributed by atoms with Gasteiger partial charge in [-0.05, 0) is 48.2 Å². The van der Waals surface area contributed by atoms with Gasteiger partial charge >= 0.3 is 0 Å². The van der Waals surface area contributed by atoms with Crippen LogP contribution in [0, 0.1) is 0 Å². The summed E-state index contributed by atoms with van der Waals surface area (Å²) < 4.78 is 0. The smallest absolute Gasteiger partial charge is 0.0562 e. The summed E-state index contributed by atoms with van der Waals surface area (Å²) >= 11 is 7.53. The molecule has 2 nitrogen and oxygen atoms in total. The van der Waals surface area contributed by atoms with E-state index in [1.54, 1.807) is 18.0 Å². The second-order valence-corrected chi connectivity index (χ2v) is 4.97. The highest BCUT2D eigenvalue weighted by molar-refractivity contribution is 7.98. The molecule has 0 saturated carbocycles. The highest BCUT2D eigenvalue weighted by Gasteiger charge is 1.91. The first-order chi connectivity index (χ1) is 8.78. The lowest BCUT2D eigenvalue weighted by Crippen LogP contribution is -1.90. The van der Waals surface area contributed by atoms with Crippen LogP contribution in [0.3, 0.4) is 0 Å². The maximum absolute atomic E-state index is 5.80. The molecule has 0 unspecified atom stereocenters. The molecule has 0 saturated heterocycles. The van der Waals surface area contributed by atoms with Crippen molar-refractivity contribution >= 4 is 35.3 Å². The number of hydrogen-bond donors (Lipinski definition) is 1. The highest BCUT2D eigenvalue weighted by Crippen LogP contribution is 2.15. The molecule has 0 atom stereocenters. The van der Waals surface area contributed by atoms with E-state index in [1.807, 2.05) is 36.4 Å². The third-order valence-corrected chi connectivity index (χ3v) is 3.36. The molecule has 0 aromatic heterocycles. The zero-order valence-corrected chi connectivity index (χ0v) is 11.5. The van der Waals surface area contributed by atoms with Crippen molar-refractivity contribution in [2.75, 3.05) is 11.7 Å². The topological polar surface area (TPSA) is 24.4 Å². The molecule has 4 heteroatoms. The van der Waals surface area contributed by atoms with Gasteiger partial charge in [-0.15, -0.1) is 11.8 Å². The maximum Gasteiger partial charge on any atom is 0.0562 e. The summed E-state index contributed by atoms with van der Waals surface area (Å²) in [5, 5.41) is 4.89. The van der Waals surface area contributed by atoms with Crippen molar-refractivity contribution in [2.45, 2.75) is 4.90 Å². The minimum Gasteiger partial charge on any atom is -0.279 e. The molecule has 2 rings (SSSR count). The van der Waals surface area contributed by atoms with Gasteiger partial charge in [0.15, 0.2) is 0 Å². The normalized spacial score (nSPS) is 10.8. The van der Waals surface area contributed by atoms with E-state index in [1.165, 1.54) is 4.90 Å². The molecular weight excluding hydrogens is 264 g/mol. The van der Waals surface area contributed by atoms with E-state index >= 15 is 0 Å². The Balaban J connectivity index is 1.96. The minimum atomic E-state index is 0.720. The molecular formula is C14H13ClN2S. The number of benzene rings is 2. The second-order valence-electron chi connectivity index (χ2n) is 3.65. The van der Waals surface area contributed by atoms with Crippen molar-refractivity contribution in [1.82, 2.24) is 0 Å². The van der Waals surface area contributed by atoms with Gasteiger partial charge < -0.3 is 0 Å². The summed E-state index contributed by atoms with van der Waals surface area (Å²) in [5.74, 6) is 0. The first-order valence-electron chi connectivity index (χ1n) is 5.46. The Kier molecular flexibility index (Phi) is 4.67. The van der Waals surface area contributed by atoms with E-state index < -0.39 is 0 Å². The number of halogens is 1. The van der Waals surface area contributed by atoms with Crippen LogP contribution in [0.4, 0.5) is 5.69 Å². The van der Waals surface area contributed by atoms with Gasteiger partial charge in [0.05, 0.1) is 11.9 Å². The first-order valence-corrected chi connectivity index (χ1v) is 7.07. The maximum atomic E-state index is 5.80. The van der Waals surface area contributed by atoms with Crippen molar-refractivity contribution in [3.63, 3.8) is 0 Å². The summed E-state index contributed by atoms with van der Waals surface area (Å²) in [6.07, 6.45) is 3.85. The van der Waals surface area contributed by atoms with Crippen LogP contribution < -0.4 is 5.43 Å². The lowest BCUT2D eigenvalue weighted by Gasteiger charge is -2.00. The van der Waals surface area contributed by atoms with Gasteiger partial charge in [-0.1, -0.05) is 23.7 Å². The number of rotatable bonds is 4. The Morgan fingerprint density at radius 1 is 1.06 bits per heavy atom. The van der Waals surface area contributed by atoms with Crippen LogP contribution in [0.25, 0.3) is 0 Å². The molecule has 0 fully saturated rings. The van der Waals surface area contributed by atoms with E-state index in [-0.39, 0.29) is 0 Å². The molecule has 2 aromatic rings. The molecule has 0 radical (unpaired) electrons. The predicted octanol–water partition coefficient (Wildman–Crippen LogP) is 4.51. The molecule has 18 heavy (non-hydrogen) atoms. The van der Waals surface area contributed by atoms with E-state index in [4.69, 9.17) is 11.6 Å². The van der Waals surface area contributed by atoms with Crippen molar-refractivity contribution in [2.24, 2.45) is 5.10 Å². The van der Waals surface area contributed by atoms with Crippen LogP contribution in [0.1, 0.15) is 5.56 Å². The molecule has 0 spiro atoms. The average molecular weight is 277 g/mol. The third-order valence-electron chi connectivity index (χ3n) is 2.37. The van der Waals surface area contributed by atoms with Gasteiger partial charge in [0.25, 0.3) is 0 Å². The van der Waals surface area contributed by atoms with Crippen LogP contribution in [0.15, 0.2) is 58.5 Å². The van der Waals surface area contributed by atoms with Gasteiger partial charge in [0, 0.05) is 9.92 Å². The Morgan fingerprint density at radius 3 is 2.33 bits per heavy atom. The summed E-state index contributed by atoms with van der Waals surface area (Å²) in [4.78, 5) is 1.25. The van der Waals surface area contributed by atoms with Crippen molar-refractivity contribution in [3.8, 4) is 0 Å². The SMILES string of the molecule is CSc1ccc(/C=N\Nc2ccc(Cl)cc2)cc1. The molecule has 1 N–H and O–H groups in total. The van der Waals surface area contributed by atoms with Crippen molar-refractivity contribution < 1.29 is 0 Å². The number of hydrazone groups is 1. The Labute approximate surface area is 116 Å². The van der Waals surface area contributed by atoms with Gasteiger partial charge in [0.2, 0.25) is 0 Å². The summed E-state index contributed by atoms with van der Waals surface area (Å²) in [6, 6.07) is 15.7. The third kappa shape index (κ3) is 3.79. The lowest BCUT2D eigenvalue weighted by atomic mass is 10.2. The monoisotopic (exact) mass is 276 g/mol. The van der Waals surface area contributed by atoms with Gasteiger partial charge in [-0.2, -0.15) is 5.10 Å². The quantitative estimate of drug-likeness (QED) is 0.505. The number of hydrogen-bond acceptors (Lipinski definition) is 3. The van der Waals surface area contributed by atoms with Crippen LogP contribution in [0.5, 0.6) is 0 Å². The Bertz CT molecular complexity index is 520. The van der Waals surface area contributed by atoms with Crippen molar-refractivity contribution in [1.29, 1.82) is 0 Å². The van der Waals surface area contributed by atoms with Crippen molar-refractivity contribution in [3.05, 3.63) is 59.1 Å². The Morgan fingerprint density at radius 2 is 1.72 bits per heavy atom. The summed E-state index contributed by atoms with van der Waals surface area (Å²) in [6.45, 7) is 0. The molecule has 2 aromatic carbocycles. The van der Waals surface area contributed by atoms with Crippen LogP contribution in [0.2, 0.25) is 5.02 Å². The van der Waals surface area contributed by atoms with Crippen LogP contribution in [-0.4, -0.2) is 12.5 Å². The van der Waals surface area contributed by atoms with E-state index in [0.29, 0.717) is 0 Å². The zero-order chi connectivity index (χ0) is 12.8. The molecule has 0 amide bonds.